The predicted molar refractivity (Wildman–Crippen MR) is 97.6 cm³/mol. The second-order valence-electron chi connectivity index (χ2n) is 6.64. The van der Waals surface area contributed by atoms with Gasteiger partial charge in [-0.05, 0) is 57.9 Å². The highest BCUT2D eigenvalue weighted by Gasteiger charge is 2.21. The minimum absolute atomic E-state index is 0.113. The molecule has 2 atom stereocenters. The molecule has 1 heterocycles. The Morgan fingerprint density at radius 3 is 2.48 bits per heavy atom. The maximum Gasteiger partial charge on any atom is 0.338 e. The van der Waals surface area contributed by atoms with Crippen LogP contribution in [0.15, 0.2) is 24.3 Å². The number of ether oxygens (including phenoxy) is 3. The molecular formula is C19H26N2O6. The molecule has 0 spiro atoms. The number of carbonyl (C=O) groups is 3. The first-order valence-corrected chi connectivity index (χ1v) is 9.02. The Balaban J connectivity index is 1.80. The molecule has 27 heavy (non-hydrogen) atoms. The Morgan fingerprint density at radius 1 is 1.19 bits per heavy atom. The number of benzene rings is 1. The third kappa shape index (κ3) is 6.90. The smallest absolute Gasteiger partial charge is 0.338 e. The Labute approximate surface area is 158 Å². The van der Waals surface area contributed by atoms with E-state index in [1.54, 1.807) is 38.1 Å². The molecule has 8 nitrogen and oxygen atoms in total. The highest BCUT2D eigenvalue weighted by atomic mass is 16.5. The molecule has 1 aromatic rings. The molecule has 1 aliphatic heterocycles. The number of hydrogen-bond donors (Lipinski definition) is 2. The van der Waals surface area contributed by atoms with E-state index in [4.69, 9.17) is 14.2 Å². The first-order valence-electron chi connectivity index (χ1n) is 9.02. The summed E-state index contributed by atoms with van der Waals surface area (Å²) >= 11 is 0. The van der Waals surface area contributed by atoms with Crippen LogP contribution >= 0.6 is 0 Å². The van der Waals surface area contributed by atoms with E-state index in [9.17, 15) is 14.4 Å². The van der Waals surface area contributed by atoms with Gasteiger partial charge in [-0.25, -0.2) is 9.59 Å². The van der Waals surface area contributed by atoms with Crippen LogP contribution in [-0.2, 0) is 14.3 Å². The lowest BCUT2D eigenvalue weighted by atomic mass is 10.2. The average molecular weight is 378 g/mol. The normalized spacial score (nSPS) is 17.3. The summed E-state index contributed by atoms with van der Waals surface area (Å²) in [4.78, 5) is 35.5. The monoisotopic (exact) mass is 378 g/mol. The quantitative estimate of drug-likeness (QED) is 0.704. The van der Waals surface area contributed by atoms with Crippen LogP contribution in [-0.4, -0.2) is 49.4 Å². The van der Waals surface area contributed by atoms with Crippen LogP contribution in [0.2, 0.25) is 0 Å². The van der Waals surface area contributed by atoms with E-state index in [1.165, 1.54) is 6.92 Å². The molecule has 2 N–H and O–H groups in total. The number of carbonyl (C=O) groups excluding carboxylic acids is 3. The molecule has 148 valence electrons. The second kappa shape index (κ2) is 9.91. The Hall–Kier alpha value is -2.61. The fourth-order valence-corrected chi connectivity index (χ4v) is 2.45. The van der Waals surface area contributed by atoms with Crippen molar-refractivity contribution < 1.29 is 28.6 Å². The van der Waals surface area contributed by atoms with Gasteiger partial charge in [-0.2, -0.15) is 0 Å². The number of imide groups is 1. The molecular weight excluding hydrogens is 352 g/mol. The molecule has 1 saturated heterocycles. The number of esters is 1. The van der Waals surface area contributed by atoms with Crippen molar-refractivity contribution in [2.45, 2.75) is 51.9 Å². The molecule has 0 radical (unpaired) electrons. The van der Waals surface area contributed by atoms with Crippen molar-refractivity contribution in [1.82, 2.24) is 10.6 Å². The van der Waals surface area contributed by atoms with Crippen LogP contribution in [0.1, 0.15) is 44.0 Å². The van der Waals surface area contributed by atoms with Gasteiger partial charge in [-0.3, -0.25) is 10.1 Å². The van der Waals surface area contributed by atoms with Crippen molar-refractivity contribution in [3.8, 4) is 5.75 Å². The van der Waals surface area contributed by atoms with Gasteiger partial charge in [0.15, 0.2) is 6.10 Å². The van der Waals surface area contributed by atoms with Crippen LogP contribution in [0.4, 0.5) is 4.79 Å². The van der Waals surface area contributed by atoms with E-state index >= 15 is 0 Å². The topological polar surface area (TPSA) is 103 Å². The lowest BCUT2D eigenvalue weighted by Gasteiger charge is -2.15. The number of rotatable bonds is 7. The first-order chi connectivity index (χ1) is 12.8. The van der Waals surface area contributed by atoms with Crippen LogP contribution in [0, 0.1) is 0 Å². The fraction of sp³-hybridized carbons (Fsp3) is 0.526. The summed E-state index contributed by atoms with van der Waals surface area (Å²) in [7, 11) is 0. The number of amides is 3. The van der Waals surface area contributed by atoms with Crippen molar-refractivity contribution in [2.75, 3.05) is 13.2 Å². The Kier molecular flexibility index (Phi) is 7.60. The van der Waals surface area contributed by atoms with Crippen LogP contribution in [0.3, 0.4) is 0 Å². The van der Waals surface area contributed by atoms with Gasteiger partial charge >= 0.3 is 12.0 Å². The van der Waals surface area contributed by atoms with Gasteiger partial charge in [0.1, 0.15) is 12.4 Å². The van der Waals surface area contributed by atoms with Crippen LogP contribution in [0.25, 0.3) is 0 Å². The molecule has 1 fully saturated rings. The zero-order chi connectivity index (χ0) is 19.8. The summed E-state index contributed by atoms with van der Waals surface area (Å²) in [6.45, 7) is 6.17. The van der Waals surface area contributed by atoms with E-state index in [2.05, 4.69) is 10.6 Å². The van der Waals surface area contributed by atoms with Crippen molar-refractivity contribution >= 4 is 17.9 Å². The SMILES string of the molecule is CC(C)NC(=O)NC(=O)[C@H](C)OC(=O)c1ccc(OC[C@H]2CCCO2)cc1. The van der Waals surface area contributed by atoms with Crippen molar-refractivity contribution in [1.29, 1.82) is 0 Å². The third-order valence-electron chi connectivity index (χ3n) is 3.86. The highest BCUT2D eigenvalue weighted by Crippen LogP contribution is 2.17. The standard InChI is InChI=1S/C19H26N2O6/c1-12(2)20-19(24)21-17(22)13(3)27-18(23)14-6-8-15(9-7-14)26-11-16-5-4-10-25-16/h6-9,12-13,16H,4-5,10-11H2,1-3H3,(H2,20,21,22,24)/t13-,16+/m0/s1. The molecule has 0 saturated carbocycles. The van der Waals surface area contributed by atoms with Gasteiger partial charge in [0, 0.05) is 12.6 Å². The summed E-state index contributed by atoms with van der Waals surface area (Å²) in [5, 5.41) is 4.64. The highest BCUT2D eigenvalue weighted by molar-refractivity contribution is 5.98. The third-order valence-corrected chi connectivity index (χ3v) is 3.86. The minimum atomic E-state index is -1.11. The average Bonchev–Trinajstić information content (AvgIpc) is 3.13. The summed E-state index contributed by atoms with van der Waals surface area (Å²) in [6.07, 6.45) is 1.04. The molecule has 0 unspecified atom stereocenters. The maximum absolute atomic E-state index is 12.1. The molecule has 8 heteroatoms. The number of hydrogen-bond acceptors (Lipinski definition) is 6. The summed E-state index contributed by atoms with van der Waals surface area (Å²) in [5.41, 5.74) is 0.283. The van der Waals surface area contributed by atoms with Gasteiger partial charge in [0.2, 0.25) is 0 Å². The van der Waals surface area contributed by atoms with E-state index in [1.807, 2.05) is 0 Å². The van der Waals surface area contributed by atoms with Crippen LogP contribution < -0.4 is 15.4 Å². The summed E-state index contributed by atoms with van der Waals surface area (Å²) in [6, 6.07) is 5.69. The van der Waals surface area contributed by atoms with E-state index in [0.29, 0.717) is 12.4 Å². The molecule has 0 bridgehead atoms. The first kappa shape index (κ1) is 20.7. The predicted octanol–water partition coefficient (Wildman–Crippen LogP) is 2.02. The lowest BCUT2D eigenvalue weighted by molar-refractivity contribution is -0.127. The second-order valence-corrected chi connectivity index (χ2v) is 6.64. The molecule has 0 aromatic heterocycles. The van der Waals surface area contributed by atoms with E-state index in [0.717, 1.165) is 19.4 Å². The van der Waals surface area contributed by atoms with Gasteiger partial charge < -0.3 is 19.5 Å². The molecule has 1 aliphatic rings. The largest absolute Gasteiger partial charge is 0.491 e. The van der Waals surface area contributed by atoms with Crippen molar-refractivity contribution in [3.63, 3.8) is 0 Å². The Morgan fingerprint density at radius 2 is 1.89 bits per heavy atom. The van der Waals surface area contributed by atoms with Gasteiger partial charge in [-0.1, -0.05) is 0 Å². The molecule has 1 aromatic carbocycles. The van der Waals surface area contributed by atoms with Gasteiger partial charge in [0.25, 0.3) is 5.91 Å². The van der Waals surface area contributed by atoms with Crippen LogP contribution in [0.5, 0.6) is 5.75 Å². The van der Waals surface area contributed by atoms with Gasteiger partial charge in [-0.15, -0.1) is 0 Å². The number of urea groups is 1. The Bertz CT molecular complexity index is 653. The molecule has 3 amide bonds. The summed E-state index contributed by atoms with van der Waals surface area (Å²) in [5.74, 6) is -0.733. The van der Waals surface area contributed by atoms with Gasteiger partial charge in [0.05, 0.1) is 11.7 Å². The maximum atomic E-state index is 12.1. The fourth-order valence-electron chi connectivity index (χ4n) is 2.45. The molecule has 2 rings (SSSR count). The zero-order valence-corrected chi connectivity index (χ0v) is 15.8. The van der Waals surface area contributed by atoms with E-state index < -0.39 is 24.0 Å². The summed E-state index contributed by atoms with van der Waals surface area (Å²) < 4.78 is 16.2. The minimum Gasteiger partial charge on any atom is -0.491 e. The zero-order valence-electron chi connectivity index (χ0n) is 15.8. The van der Waals surface area contributed by atoms with Crippen molar-refractivity contribution in [3.05, 3.63) is 29.8 Å². The van der Waals surface area contributed by atoms with Crippen molar-refractivity contribution in [2.24, 2.45) is 0 Å². The van der Waals surface area contributed by atoms with E-state index in [-0.39, 0.29) is 17.7 Å². The molecule has 0 aliphatic carbocycles. The lowest BCUT2D eigenvalue weighted by Crippen LogP contribution is -2.46. The number of nitrogens with one attached hydrogen (secondary N) is 2.